The van der Waals surface area contributed by atoms with Crippen LogP contribution >= 0.6 is 0 Å². The molecule has 4 heteroatoms. The van der Waals surface area contributed by atoms with Crippen LogP contribution in [0.2, 0.25) is 0 Å². The molecule has 1 atom stereocenters. The van der Waals surface area contributed by atoms with E-state index in [1.807, 2.05) is 38.1 Å². The van der Waals surface area contributed by atoms with Crippen molar-refractivity contribution in [1.82, 2.24) is 5.32 Å². The molecule has 0 heterocycles. The topological polar surface area (TPSA) is 58.2 Å². The molecule has 22 heavy (non-hydrogen) atoms. The smallest absolute Gasteiger partial charge is 0.251 e. The molecule has 2 N–H and O–H groups in total. The number of rotatable bonds is 4. The molecule has 0 aromatic heterocycles. The third-order valence-corrected chi connectivity index (χ3v) is 3.45. The summed E-state index contributed by atoms with van der Waals surface area (Å²) in [6, 6.07) is 14.8. The van der Waals surface area contributed by atoms with Gasteiger partial charge in [-0.05, 0) is 43.2 Å². The van der Waals surface area contributed by atoms with Crippen LogP contribution in [0.3, 0.4) is 0 Å². The monoisotopic (exact) mass is 296 g/mol. The van der Waals surface area contributed by atoms with Gasteiger partial charge in [0, 0.05) is 18.2 Å². The quantitative estimate of drug-likeness (QED) is 0.908. The molecule has 0 saturated carbocycles. The van der Waals surface area contributed by atoms with E-state index in [0.717, 1.165) is 11.1 Å². The average Bonchev–Trinajstić information content (AvgIpc) is 2.47. The predicted octanol–water partition coefficient (Wildman–Crippen LogP) is 3.44. The first kappa shape index (κ1) is 15.8. The van der Waals surface area contributed by atoms with E-state index < -0.39 is 0 Å². The molecule has 2 rings (SSSR count). The van der Waals surface area contributed by atoms with Crippen molar-refractivity contribution >= 4 is 17.5 Å². The van der Waals surface area contributed by atoms with Gasteiger partial charge in [-0.2, -0.15) is 0 Å². The summed E-state index contributed by atoms with van der Waals surface area (Å²) in [6.45, 7) is 5.42. The molecule has 0 fully saturated rings. The van der Waals surface area contributed by atoms with Crippen LogP contribution in [0.25, 0.3) is 0 Å². The van der Waals surface area contributed by atoms with Crippen molar-refractivity contribution < 1.29 is 9.59 Å². The molecule has 4 nitrogen and oxygen atoms in total. The predicted molar refractivity (Wildman–Crippen MR) is 87.8 cm³/mol. The van der Waals surface area contributed by atoms with Crippen LogP contribution < -0.4 is 10.6 Å². The molecule has 2 amide bonds. The number of amides is 2. The Kier molecular flexibility index (Phi) is 4.94. The summed E-state index contributed by atoms with van der Waals surface area (Å²) in [5.74, 6) is -0.325. The molecule has 114 valence electrons. The van der Waals surface area contributed by atoms with Crippen LogP contribution in [0.5, 0.6) is 0 Å². The summed E-state index contributed by atoms with van der Waals surface area (Å²) in [6.07, 6.45) is 0. The average molecular weight is 296 g/mol. The maximum Gasteiger partial charge on any atom is 0.251 e. The lowest BCUT2D eigenvalue weighted by Gasteiger charge is -2.17. The lowest BCUT2D eigenvalue weighted by Crippen LogP contribution is -2.27. The lowest BCUT2D eigenvalue weighted by molar-refractivity contribution is -0.114. The van der Waals surface area contributed by atoms with Crippen molar-refractivity contribution in [2.75, 3.05) is 5.32 Å². The van der Waals surface area contributed by atoms with Gasteiger partial charge in [-0.15, -0.1) is 0 Å². The van der Waals surface area contributed by atoms with Crippen LogP contribution in [-0.4, -0.2) is 11.8 Å². The molecule has 0 aliphatic heterocycles. The minimum atomic E-state index is -0.164. The Labute approximate surface area is 130 Å². The fourth-order valence-electron chi connectivity index (χ4n) is 2.37. The molecule has 2 aromatic rings. The van der Waals surface area contributed by atoms with Crippen LogP contribution in [0.4, 0.5) is 5.69 Å². The van der Waals surface area contributed by atoms with Gasteiger partial charge in [0.15, 0.2) is 0 Å². The Morgan fingerprint density at radius 3 is 2.45 bits per heavy atom. The highest BCUT2D eigenvalue weighted by molar-refractivity contribution is 5.97. The van der Waals surface area contributed by atoms with Gasteiger partial charge in [0.05, 0.1) is 6.04 Å². The zero-order valence-corrected chi connectivity index (χ0v) is 13.0. The maximum atomic E-state index is 12.4. The Hall–Kier alpha value is -2.62. The summed E-state index contributed by atoms with van der Waals surface area (Å²) in [7, 11) is 0. The van der Waals surface area contributed by atoms with Crippen molar-refractivity contribution in [3.8, 4) is 0 Å². The molecule has 0 aliphatic carbocycles. The van der Waals surface area contributed by atoms with E-state index in [0.29, 0.717) is 11.3 Å². The summed E-state index contributed by atoms with van der Waals surface area (Å²) >= 11 is 0. The lowest BCUT2D eigenvalue weighted by atomic mass is 10.0. The second-order valence-electron chi connectivity index (χ2n) is 5.31. The number of aryl methyl sites for hydroxylation is 1. The summed E-state index contributed by atoms with van der Waals surface area (Å²) in [4.78, 5) is 23.4. The number of hydrogen-bond donors (Lipinski definition) is 2. The fourth-order valence-corrected chi connectivity index (χ4v) is 2.37. The van der Waals surface area contributed by atoms with E-state index in [1.54, 1.807) is 24.3 Å². The van der Waals surface area contributed by atoms with Gasteiger partial charge in [0.1, 0.15) is 0 Å². The van der Waals surface area contributed by atoms with Crippen molar-refractivity contribution in [1.29, 1.82) is 0 Å². The van der Waals surface area contributed by atoms with E-state index in [9.17, 15) is 9.59 Å². The van der Waals surface area contributed by atoms with Gasteiger partial charge in [0.2, 0.25) is 5.91 Å². The van der Waals surface area contributed by atoms with E-state index in [2.05, 4.69) is 10.6 Å². The molecule has 0 spiro atoms. The Morgan fingerprint density at radius 2 is 1.77 bits per heavy atom. The van der Waals surface area contributed by atoms with Crippen LogP contribution in [0.1, 0.15) is 41.4 Å². The molecule has 0 aliphatic rings. The highest BCUT2D eigenvalue weighted by Gasteiger charge is 2.13. The van der Waals surface area contributed by atoms with Crippen LogP contribution in [-0.2, 0) is 4.79 Å². The second kappa shape index (κ2) is 6.89. The zero-order chi connectivity index (χ0) is 16.1. The highest BCUT2D eigenvalue weighted by Crippen LogP contribution is 2.18. The highest BCUT2D eigenvalue weighted by atomic mass is 16.2. The Bertz CT molecular complexity index is 695. The number of carbonyl (C=O) groups is 2. The first-order valence-electron chi connectivity index (χ1n) is 7.21. The first-order valence-corrected chi connectivity index (χ1v) is 7.21. The van der Waals surface area contributed by atoms with Gasteiger partial charge >= 0.3 is 0 Å². The van der Waals surface area contributed by atoms with Gasteiger partial charge < -0.3 is 10.6 Å². The number of hydrogen-bond acceptors (Lipinski definition) is 2. The zero-order valence-electron chi connectivity index (χ0n) is 13.0. The molecular weight excluding hydrogens is 276 g/mol. The number of anilines is 1. The number of benzene rings is 2. The second-order valence-corrected chi connectivity index (χ2v) is 5.31. The SMILES string of the molecule is CC(=O)Nc1cccc(C(=O)N[C@@H](C)c2ccccc2C)c1. The molecule has 0 bridgehead atoms. The third kappa shape index (κ3) is 3.95. The minimum Gasteiger partial charge on any atom is -0.346 e. The van der Waals surface area contributed by atoms with E-state index >= 15 is 0 Å². The van der Waals surface area contributed by atoms with Crippen molar-refractivity contribution in [2.24, 2.45) is 0 Å². The van der Waals surface area contributed by atoms with Crippen molar-refractivity contribution in [2.45, 2.75) is 26.8 Å². The van der Waals surface area contributed by atoms with Gasteiger partial charge in [-0.1, -0.05) is 30.3 Å². The number of carbonyl (C=O) groups excluding carboxylic acids is 2. The van der Waals surface area contributed by atoms with Crippen LogP contribution in [0.15, 0.2) is 48.5 Å². The summed E-state index contributed by atoms with van der Waals surface area (Å²) < 4.78 is 0. The van der Waals surface area contributed by atoms with Crippen molar-refractivity contribution in [3.63, 3.8) is 0 Å². The van der Waals surface area contributed by atoms with Gasteiger partial charge in [0.25, 0.3) is 5.91 Å². The van der Waals surface area contributed by atoms with Gasteiger partial charge in [-0.25, -0.2) is 0 Å². The Morgan fingerprint density at radius 1 is 1.05 bits per heavy atom. The molecule has 0 radical (unpaired) electrons. The maximum absolute atomic E-state index is 12.4. The van der Waals surface area contributed by atoms with E-state index in [1.165, 1.54) is 6.92 Å². The molecular formula is C18H20N2O2. The normalized spacial score (nSPS) is 11.6. The molecule has 2 aromatic carbocycles. The van der Waals surface area contributed by atoms with Gasteiger partial charge in [-0.3, -0.25) is 9.59 Å². The van der Waals surface area contributed by atoms with E-state index in [4.69, 9.17) is 0 Å². The van der Waals surface area contributed by atoms with Crippen LogP contribution in [0, 0.1) is 6.92 Å². The molecule has 0 saturated heterocycles. The largest absolute Gasteiger partial charge is 0.346 e. The minimum absolute atomic E-state index is 0.0851. The first-order chi connectivity index (χ1) is 10.5. The summed E-state index contributed by atoms with van der Waals surface area (Å²) in [5.41, 5.74) is 3.37. The molecule has 0 unspecified atom stereocenters. The standard InChI is InChI=1S/C18H20N2O2/c1-12-7-4-5-10-17(12)13(2)19-18(22)15-8-6-9-16(11-15)20-14(3)21/h4-11,13H,1-3H3,(H,19,22)(H,20,21)/t13-/m0/s1. The van der Waals surface area contributed by atoms with E-state index in [-0.39, 0.29) is 17.9 Å². The number of nitrogens with one attached hydrogen (secondary N) is 2. The Balaban J connectivity index is 2.12. The third-order valence-electron chi connectivity index (χ3n) is 3.45. The fraction of sp³-hybridized carbons (Fsp3) is 0.222. The van der Waals surface area contributed by atoms with Crippen molar-refractivity contribution in [3.05, 3.63) is 65.2 Å². The summed E-state index contributed by atoms with van der Waals surface area (Å²) in [5, 5.41) is 5.66.